The number of terminal acetylenes is 1. The molecule has 0 bridgehead atoms. The first-order valence-corrected chi connectivity index (χ1v) is 12.9. The molecule has 1 N–H and O–H groups in total. The van der Waals surface area contributed by atoms with E-state index < -0.39 is 23.5 Å². The number of allylic oxidation sites excluding steroid dienone is 1. The summed E-state index contributed by atoms with van der Waals surface area (Å²) in [7, 11) is 0. The maximum absolute atomic E-state index is 12.8. The third kappa shape index (κ3) is 9.56. The SMILES string of the molecule is C#CC[C@H](NC(=O)[C@@H]1CCCN(C(=O)/C=C/CC2CCCN(C(=O)OC(C)(C)C)C2)C1)C(=O)OCC. The molecule has 0 aromatic rings. The molecule has 2 heterocycles. The number of carbonyl (C=O) groups is 4. The van der Waals surface area contributed by atoms with E-state index in [2.05, 4.69) is 11.2 Å². The van der Waals surface area contributed by atoms with Gasteiger partial charge in [0.2, 0.25) is 11.8 Å². The van der Waals surface area contributed by atoms with Crippen molar-refractivity contribution in [1.29, 1.82) is 0 Å². The molecule has 9 heteroatoms. The smallest absolute Gasteiger partial charge is 0.410 e. The number of ether oxygens (including phenoxy) is 2. The number of amides is 3. The van der Waals surface area contributed by atoms with Gasteiger partial charge in [0.05, 0.1) is 12.5 Å². The summed E-state index contributed by atoms with van der Waals surface area (Å²) in [6.45, 7) is 9.61. The molecule has 200 valence electrons. The molecule has 3 amide bonds. The lowest BCUT2D eigenvalue weighted by Crippen LogP contribution is -2.49. The molecule has 0 aromatic carbocycles. The average Bonchev–Trinajstić information content (AvgIpc) is 2.83. The molecule has 0 radical (unpaired) electrons. The zero-order valence-electron chi connectivity index (χ0n) is 22.1. The molecule has 3 atom stereocenters. The maximum atomic E-state index is 12.8. The highest BCUT2D eigenvalue weighted by Crippen LogP contribution is 2.23. The molecule has 36 heavy (non-hydrogen) atoms. The fraction of sp³-hybridized carbons (Fsp3) is 0.704. The van der Waals surface area contributed by atoms with Crippen LogP contribution in [0.15, 0.2) is 12.2 Å². The second kappa shape index (κ2) is 13.9. The lowest BCUT2D eigenvalue weighted by molar-refractivity contribution is -0.148. The molecular weight excluding hydrogens is 462 g/mol. The number of hydrogen-bond acceptors (Lipinski definition) is 6. The van der Waals surface area contributed by atoms with E-state index in [1.807, 2.05) is 26.8 Å². The van der Waals surface area contributed by atoms with Gasteiger partial charge in [0, 0.05) is 32.6 Å². The molecule has 9 nitrogen and oxygen atoms in total. The summed E-state index contributed by atoms with van der Waals surface area (Å²) in [6.07, 6.45) is 12.4. The third-order valence-corrected chi connectivity index (χ3v) is 6.21. The molecular formula is C27H41N3O6. The molecule has 0 spiro atoms. The van der Waals surface area contributed by atoms with Crippen molar-refractivity contribution < 1.29 is 28.7 Å². The van der Waals surface area contributed by atoms with Crippen LogP contribution in [0.3, 0.4) is 0 Å². The lowest BCUT2D eigenvalue weighted by Gasteiger charge is -2.34. The molecule has 2 aliphatic heterocycles. The summed E-state index contributed by atoms with van der Waals surface area (Å²) >= 11 is 0. The topological polar surface area (TPSA) is 105 Å². The van der Waals surface area contributed by atoms with Crippen LogP contribution in [0.5, 0.6) is 0 Å². The number of nitrogens with zero attached hydrogens (tertiary/aromatic N) is 2. The summed E-state index contributed by atoms with van der Waals surface area (Å²) in [5, 5.41) is 2.69. The molecule has 2 aliphatic rings. The fourth-order valence-corrected chi connectivity index (χ4v) is 4.45. The zero-order chi connectivity index (χ0) is 26.7. The summed E-state index contributed by atoms with van der Waals surface area (Å²) in [4.78, 5) is 53.4. The maximum Gasteiger partial charge on any atom is 0.410 e. The largest absolute Gasteiger partial charge is 0.464 e. The molecule has 2 fully saturated rings. The Morgan fingerprint density at radius 1 is 1.11 bits per heavy atom. The van der Waals surface area contributed by atoms with E-state index in [0.29, 0.717) is 38.9 Å². The average molecular weight is 504 g/mol. The molecule has 0 saturated carbocycles. The number of nitrogens with one attached hydrogen (secondary N) is 1. The van der Waals surface area contributed by atoms with Crippen molar-refractivity contribution >= 4 is 23.9 Å². The second-order valence-electron chi connectivity index (χ2n) is 10.4. The van der Waals surface area contributed by atoms with Gasteiger partial charge in [-0.15, -0.1) is 12.3 Å². The minimum absolute atomic E-state index is 0.0508. The van der Waals surface area contributed by atoms with Crippen molar-refractivity contribution in [2.45, 2.75) is 77.9 Å². The fourth-order valence-electron chi connectivity index (χ4n) is 4.45. The van der Waals surface area contributed by atoms with Crippen LogP contribution in [0.1, 0.15) is 66.2 Å². The summed E-state index contributed by atoms with van der Waals surface area (Å²) < 4.78 is 10.5. The minimum Gasteiger partial charge on any atom is -0.464 e. The first-order valence-electron chi connectivity index (χ1n) is 12.9. The van der Waals surface area contributed by atoms with Gasteiger partial charge in [0.1, 0.15) is 11.6 Å². The van der Waals surface area contributed by atoms with Crippen LogP contribution in [-0.2, 0) is 23.9 Å². The summed E-state index contributed by atoms with van der Waals surface area (Å²) in [5.41, 5.74) is -0.527. The van der Waals surface area contributed by atoms with Crippen LogP contribution in [0.2, 0.25) is 0 Å². The molecule has 2 rings (SSSR count). The highest BCUT2D eigenvalue weighted by atomic mass is 16.6. The predicted octanol–water partition coefficient (Wildman–Crippen LogP) is 2.89. The number of likely N-dealkylation sites (tertiary alicyclic amines) is 2. The first-order chi connectivity index (χ1) is 17.0. The summed E-state index contributed by atoms with van der Waals surface area (Å²) in [5.74, 6) is 1.26. The van der Waals surface area contributed by atoms with Gasteiger partial charge in [0.25, 0.3) is 0 Å². The van der Waals surface area contributed by atoms with Gasteiger partial charge in [0.15, 0.2) is 0 Å². The van der Waals surface area contributed by atoms with Gasteiger partial charge in [-0.05, 0) is 71.8 Å². The van der Waals surface area contributed by atoms with Crippen LogP contribution < -0.4 is 5.32 Å². The second-order valence-corrected chi connectivity index (χ2v) is 10.4. The van der Waals surface area contributed by atoms with Gasteiger partial charge in [-0.1, -0.05) is 6.08 Å². The Bertz CT molecular complexity index is 857. The highest BCUT2D eigenvalue weighted by Gasteiger charge is 2.31. The van der Waals surface area contributed by atoms with Gasteiger partial charge in [-0.3, -0.25) is 9.59 Å². The van der Waals surface area contributed by atoms with Crippen molar-refractivity contribution in [2.24, 2.45) is 11.8 Å². The number of rotatable bonds is 8. The Hall–Kier alpha value is -3.02. The van der Waals surface area contributed by atoms with Crippen molar-refractivity contribution in [1.82, 2.24) is 15.1 Å². The van der Waals surface area contributed by atoms with E-state index in [-0.39, 0.29) is 43.4 Å². The molecule has 1 unspecified atom stereocenters. The number of esters is 1. The normalized spacial score (nSPS) is 21.4. The Balaban J connectivity index is 1.85. The minimum atomic E-state index is -0.885. The zero-order valence-corrected chi connectivity index (χ0v) is 22.1. The Morgan fingerprint density at radius 2 is 1.81 bits per heavy atom. The van der Waals surface area contributed by atoms with Crippen molar-refractivity contribution in [3.8, 4) is 12.3 Å². The Kier molecular flexibility index (Phi) is 11.3. The Morgan fingerprint density at radius 3 is 2.47 bits per heavy atom. The number of piperidine rings is 2. The first kappa shape index (κ1) is 29.2. The van der Waals surface area contributed by atoms with Crippen LogP contribution >= 0.6 is 0 Å². The molecule has 0 aromatic heterocycles. The van der Waals surface area contributed by atoms with Crippen LogP contribution in [0.25, 0.3) is 0 Å². The van der Waals surface area contributed by atoms with E-state index >= 15 is 0 Å². The van der Waals surface area contributed by atoms with Crippen molar-refractivity contribution in [3.63, 3.8) is 0 Å². The monoisotopic (exact) mass is 503 g/mol. The predicted molar refractivity (Wildman–Crippen MR) is 136 cm³/mol. The lowest BCUT2D eigenvalue weighted by atomic mass is 9.94. The van der Waals surface area contributed by atoms with Gasteiger partial charge in [-0.2, -0.15) is 0 Å². The summed E-state index contributed by atoms with van der Waals surface area (Å²) in [6, 6.07) is -0.885. The van der Waals surface area contributed by atoms with Crippen molar-refractivity contribution in [3.05, 3.63) is 12.2 Å². The van der Waals surface area contributed by atoms with E-state index in [1.54, 1.807) is 22.8 Å². The highest BCUT2D eigenvalue weighted by molar-refractivity contribution is 5.89. The molecule has 0 aliphatic carbocycles. The van der Waals surface area contributed by atoms with Crippen LogP contribution in [-0.4, -0.2) is 78.1 Å². The van der Waals surface area contributed by atoms with E-state index in [1.165, 1.54) is 0 Å². The number of carbonyl (C=O) groups excluding carboxylic acids is 4. The molecule has 2 saturated heterocycles. The third-order valence-electron chi connectivity index (χ3n) is 6.21. The Labute approximate surface area is 214 Å². The van der Waals surface area contributed by atoms with Gasteiger partial charge >= 0.3 is 12.1 Å². The van der Waals surface area contributed by atoms with E-state index in [9.17, 15) is 19.2 Å². The van der Waals surface area contributed by atoms with Crippen LogP contribution in [0.4, 0.5) is 4.79 Å². The quantitative estimate of drug-likeness (QED) is 0.310. The van der Waals surface area contributed by atoms with Gasteiger partial charge < -0.3 is 24.6 Å². The van der Waals surface area contributed by atoms with E-state index in [0.717, 1.165) is 12.8 Å². The standard InChI is InChI=1S/C27H41N3O6/c1-6-11-22(25(33)35-7-2)28-24(32)21-14-10-16-29(19-21)23(31)15-8-12-20-13-9-17-30(18-20)26(34)36-27(3,4)5/h1,8,15,20-22H,7,9-14,16-19H2,2-5H3,(H,28,32)/b15-8+/t20?,21-,22+/m1/s1. The van der Waals surface area contributed by atoms with Crippen molar-refractivity contribution in [2.75, 3.05) is 32.8 Å². The van der Waals surface area contributed by atoms with Crippen LogP contribution in [0, 0.1) is 24.2 Å². The van der Waals surface area contributed by atoms with Gasteiger partial charge in [-0.25, -0.2) is 9.59 Å². The number of hydrogen-bond donors (Lipinski definition) is 1. The van der Waals surface area contributed by atoms with E-state index in [4.69, 9.17) is 15.9 Å².